The molecule has 1 N–H and O–H groups in total. The van der Waals surface area contributed by atoms with E-state index in [4.69, 9.17) is 4.74 Å². The monoisotopic (exact) mass is 358 g/mol. The maximum absolute atomic E-state index is 12.3. The van der Waals surface area contributed by atoms with E-state index in [1.54, 1.807) is 0 Å². The number of carbonyl (C=O) groups excluding carboxylic acids is 3. The zero-order valence-electron chi connectivity index (χ0n) is 15.2. The van der Waals surface area contributed by atoms with Crippen molar-refractivity contribution < 1.29 is 19.1 Å². The van der Waals surface area contributed by atoms with Crippen LogP contribution >= 0.6 is 11.8 Å². The molecule has 0 radical (unpaired) electrons. The lowest BCUT2D eigenvalue weighted by atomic mass is 10.1. The summed E-state index contributed by atoms with van der Waals surface area (Å²) in [4.78, 5) is 36.4. The van der Waals surface area contributed by atoms with Crippen molar-refractivity contribution in [1.29, 1.82) is 0 Å². The summed E-state index contributed by atoms with van der Waals surface area (Å²) >= 11 is 1.53. The average Bonchev–Trinajstić information content (AvgIpc) is 2.74. The van der Waals surface area contributed by atoms with E-state index in [0.717, 1.165) is 31.6 Å². The standard InChI is InChI=1S/C17H30N2O4S/c1-5-6-10-23-17(3,4)7-11-24-14-12-15(21)19(16(14)22)9-8-18-13(2)20/h14H,5-12H2,1-4H3,(H,18,20). The Morgan fingerprint density at radius 3 is 2.75 bits per heavy atom. The first kappa shape index (κ1) is 21.0. The number of imide groups is 1. The van der Waals surface area contributed by atoms with Crippen molar-refractivity contribution in [3.8, 4) is 0 Å². The quantitative estimate of drug-likeness (QED) is 0.451. The number of thioether (sulfide) groups is 1. The molecule has 0 aromatic carbocycles. The molecule has 1 unspecified atom stereocenters. The van der Waals surface area contributed by atoms with Crippen LogP contribution in [0.4, 0.5) is 0 Å². The Bertz CT molecular complexity index is 454. The van der Waals surface area contributed by atoms with Crippen LogP contribution in [-0.2, 0) is 19.1 Å². The number of unbranched alkanes of at least 4 members (excludes halogenated alkanes) is 1. The third-order valence-corrected chi connectivity index (χ3v) is 5.14. The van der Waals surface area contributed by atoms with Crippen LogP contribution in [0.25, 0.3) is 0 Å². The van der Waals surface area contributed by atoms with Gasteiger partial charge >= 0.3 is 0 Å². The molecule has 0 spiro atoms. The first-order valence-electron chi connectivity index (χ1n) is 8.61. The second-order valence-corrected chi connectivity index (χ2v) is 7.95. The van der Waals surface area contributed by atoms with Gasteiger partial charge in [-0.25, -0.2) is 0 Å². The Balaban J connectivity index is 2.34. The number of hydrogen-bond donors (Lipinski definition) is 1. The Kier molecular flexibility index (Phi) is 8.76. The Morgan fingerprint density at radius 2 is 2.12 bits per heavy atom. The molecule has 138 valence electrons. The predicted molar refractivity (Wildman–Crippen MR) is 95.8 cm³/mol. The van der Waals surface area contributed by atoms with E-state index in [1.807, 2.05) is 0 Å². The number of amides is 3. The smallest absolute Gasteiger partial charge is 0.242 e. The molecule has 1 aliphatic heterocycles. The molecular formula is C17H30N2O4S. The minimum atomic E-state index is -0.304. The summed E-state index contributed by atoms with van der Waals surface area (Å²) < 4.78 is 5.86. The number of rotatable bonds is 11. The van der Waals surface area contributed by atoms with Gasteiger partial charge in [-0.1, -0.05) is 13.3 Å². The molecule has 7 heteroatoms. The third kappa shape index (κ3) is 7.21. The van der Waals surface area contributed by atoms with Crippen LogP contribution in [0.3, 0.4) is 0 Å². The average molecular weight is 359 g/mol. The van der Waals surface area contributed by atoms with Crippen LogP contribution in [0.5, 0.6) is 0 Å². The molecule has 0 aliphatic carbocycles. The first-order valence-corrected chi connectivity index (χ1v) is 9.66. The van der Waals surface area contributed by atoms with Gasteiger partial charge in [-0.2, -0.15) is 0 Å². The minimum absolute atomic E-state index is 0.139. The number of nitrogens with zero attached hydrogens (tertiary/aromatic N) is 1. The van der Waals surface area contributed by atoms with Gasteiger partial charge in [-0.05, 0) is 32.4 Å². The van der Waals surface area contributed by atoms with Gasteiger partial charge in [-0.15, -0.1) is 11.8 Å². The second kappa shape index (κ2) is 10.0. The zero-order valence-corrected chi connectivity index (χ0v) is 16.0. The minimum Gasteiger partial charge on any atom is -0.376 e. The summed E-state index contributed by atoms with van der Waals surface area (Å²) in [6.45, 7) is 8.98. The number of ether oxygens (including phenoxy) is 1. The second-order valence-electron chi connectivity index (χ2n) is 6.64. The topological polar surface area (TPSA) is 75.7 Å². The van der Waals surface area contributed by atoms with E-state index >= 15 is 0 Å². The summed E-state index contributed by atoms with van der Waals surface area (Å²) in [6.07, 6.45) is 3.25. The van der Waals surface area contributed by atoms with E-state index in [-0.39, 0.29) is 41.5 Å². The highest BCUT2D eigenvalue weighted by Gasteiger charge is 2.38. The molecule has 1 heterocycles. The van der Waals surface area contributed by atoms with E-state index in [1.165, 1.54) is 23.6 Å². The summed E-state index contributed by atoms with van der Waals surface area (Å²) in [5.74, 6) is 0.328. The Hall–Kier alpha value is -1.08. The SMILES string of the molecule is CCCCOC(C)(C)CCSC1CC(=O)N(CCNC(C)=O)C1=O. The molecule has 1 atom stereocenters. The van der Waals surface area contributed by atoms with Crippen LogP contribution < -0.4 is 5.32 Å². The van der Waals surface area contributed by atoms with Crippen LogP contribution in [-0.4, -0.2) is 58.9 Å². The van der Waals surface area contributed by atoms with Gasteiger partial charge in [0.25, 0.3) is 0 Å². The molecule has 6 nitrogen and oxygen atoms in total. The molecule has 0 aromatic heterocycles. The van der Waals surface area contributed by atoms with Crippen LogP contribution in [0.2, 0.25) is 0 Å². The Morgan fingerprint density at radius 1 is 1.42 bits per heavy atom. The van der Waals surface area contributed by atoms with Gasteiger partial charge in [0, 0.05) is 33.0 Å². The lowest BCUT2D eigenvalue weighted by Crippen LogP contribution is -2.38. The molecule has 1 fully saturated rings. The van der Waals surface area contributed by atoms with Gasteiger partial charge in [0.2, 0.25) is 17.7 Å². The van der Waals surface area contributed by atoms with E-state index in [0.29, 0.717) is 6.54 Å². The fourth-order valence-electron chi connectivity index (χ4n) is 2.37. The fourth-order valence-corrected chi connectivity index (χ4v) is 3.80. The number of carbonyl (C=O) groups is 3. The maximum Gasteiger partial charge on any atom is 0.242 e. The van der Waals surface area contributed by atoms with Crippen molar-refractivity contribution in [3.63, 3.8) is 0 Å². The van der Waals surface area contributed by atoms with Crippen LogP contribution in [0, 0.1) is 0 Å². The van der Waals surface area contributed by atoms with Crippen molar-refractivity contribution in [2.45, 2.75) is 64.2 Å². The van der Waals surface area contributed by atoms with Crippen molar-refractivity contribution in [3.05, 3.63) is 0 Å². The highest BCUT2D eigenvalue weighted by molar-refractivity contribution is 8.00. The predicted octanol–water partition coefficient (Wildman–Crippen LogP) is 1.97. The number of nitrogens with one attached hydrogen (secondary N) is 1. The van der Waals surface area contributed by atoms with Gasteiger partial charge in [0.1, 0.15) is 0 Å². The highest BCUT2D eigenvalue weighted by Crippen LogP contribution is 2.28. The number of hydrogen-bond acceptors (Lipinski definition) is 5. The van der Waals surface area contributed by atoms with Crippen molar-refractivity contribution in [1.82, 2.24) is 10.2 Å². The summed E-state index contributed by atoms with van der Waals surface area (Å²) in [6, 6.07) is 0. The lowest BCUT2D eigenvalue weighted by Gasteiger charge is -2.25. The van der Waals surface area contributed by atoms with Crippen molar-refractivity contribution in [2.24, 2.45) is 0 Å². The molecule has 0 saturated carbocycles. The molecule has 24 heavy (non-hydrogen) atoms. The molecule has 0 aromatic rings. The van der Waals surface area contributed by atoms with E-state index in [9.17, 15) is 14.4 Å². The van der Waals surface area contributed by atoms with Crippen molar-refractivity contribution in [2.75, 3.05) is 25.4 Å². The number of likely N-dealkylation sites (tertiary alicyclic amines) is 1. The first-order chi connectivity index (χ1) is 11.3. The van der Waals surface area contributed by atoms with E-state index in [2.05, 4.69) is 26.1 Å². The van der Waals surface area contributed by atoms with Gasteiger partial charge < -0.3 is 10.1 Å². The van der Waals surface area contributed by atoms with Gasteiger partial charge in [0.15, 0.2) is 0 Å². The van der Waals surface area contributed by atoms with Gasteiger partial charge in [-0.3, -0.25) is 19.3 Å². The maximum atomic E-state index is 12.3. The fraction of sp³-hybridized carbons (Fsp3) is 0.824. The molecular weight excluding hydrogens is 328 g/mol. The normalized spacial score (nSPS) is 18.3. The third-order valence-electron chi connectivity index (χ3n) is 3.93. The molecule has 0 bridgehead atoms. The van der Waals surface area contributed by atoms with Crippen molar-refractivity contribution >= 4 is 29.5 Å². The van der Waals surface area contributed by atoms with Crippen LogP contribution in [0.1, 0.15) is 53.4 Å². The summed E-state index contributed by atoms with van der Waals surface area (Å²) in [5, 5.41) is 2.30. The van der Waals surface area contributed by atoms with Gasteiger partial charge in [0.05, 0.1) is 10.9 Å². The van der Waals surface area contributed by atoms with E-state index < -0.39 is 0 Å². The molecule has 1 rings (SSSR count). The highest BCUT2D eigenvalue weighted by atomic mass is 32.2. The van der Waals surface area contributed by atoms with Crippen LogP contribution in [0.15, 0.2) is 0 Å². The zero-order chi connectivity index (χ0) is 18.2. The molecule has 1 saturated heterocycles. The Labute approximate surface area is 149 Å². The molecule has 1 aliphatic rings. The molecule has 3 amide bonds. The largest absolute Gasteiger partial charge is 0.376 e. The lowest BCUT2D eigenvalue weighted by molar-refractivity contribution is -0.138. The summed E-state index contributed by atoms with van der Waals surface area (Å²) in [7, 11) is 0. The summed E-state index contributed by atoms with van der Waals surface area (Å²) in [5.41, 5.74) is -0.209.